The fraction of sp³-hybridized carbons (Fsp3) is 0.875. The number of rotatable bonds is 3. The van der Waals surface area contributed by atoms with E-state index in [0.29, 0.717) is 23.1 Å². The molecule has 0 unspecified atom stereocenters. The second kappa shape index (κ2) is 5.84. The minimum absolute atomic E-state index is 0.151. The molecule has 1 fully saturated rings. The molecule has 1 heterocycles. The van der Waals surface area contributed by atoms with Gasteiger partial charge in [0.1, 0.15) is 0 Å². The van der Waals surface area contributed by atoms with Crippen molar-refractivity contribution in [3.05, 3.63) is 11.7 Å². The SMILES string of the molecule is CC(C)[C@H](N)c1nc(C2CCC(C(C)(C)C)CC2)no1. The summed E-state index contributed by atoms with van der Waals surface area (Å²) in [4.78, 5) is 4.54. The standard InChI is InChI=1S/C16H29N3O/c1-10(2)13(17)15-18-14(19-20-15)11-6-8-12(9-7-11)16(3,4)5/h10-13H,6-9,17H2,1-5H3/t11?,12?,13-/m0/s1. The van der Waals surface area contributed by atoms with Crippen LogP contribution in [0.1, 0.15) is 84.0 Å². The van der Waals surface area contributed by atoms with Gasteiger partial charge in [-0.2, -0.15) is 4.98 Å². The first-order chi connectivity index (χ1) is 9.29. The molecule has 114 valence electrons. The van der Waals surface area contributed by atoms with Crippen LogP contribution in [0.5, 0.6) is 0 Å². The van der Waals surface area contributed by atoms with Crippen LogP contribution in [0.2, 0.25) is 0 Å². The highest BCUT2D eigenvalue weighted by Crippen LogP contribution is 2.42. The van der Waals surface area contributed by atoms with Gasteiger partial charge in [-0.05, 0) is 42.9 Å². The molecule has 1 aliphatic rings. The summed E-state index contributed by atoms with van der Waals surface area (Å²) in [6.45, 7) is 11.2. The summed E-state index contributed by atoms with van der Waals surface area (Å²) in [7, 11) is 0. The maximum atomic E-state index is 6.06. The Bertz CT molecular complexity index is 425. The lowest BCUT2D eigenvalue weighted by Crippen LogP contribution is -2.25. The van der Waals surface area contributed by atoms with Crippen molar-refractivity contribution in [3.8, 4) is 0 Å². The third-order valence-corrected chi connectivity index (χ3v) is 4.78. The number of hydrogen-bond acceptors (Lipinski definition) is 4. The molecule has 1 saturated carbocycles. The van der Waals surface area contributed by atoms with E-state index in [9.17, 15) is 0 Å². The third-order valence-electron chi connectivity index (χ3n) is 4.78. The van der Waals surface area contributed by atoms with E-state index < -0.39 is 0 Å². The monoisotopic (exact) mass is 279 g/mol. The first kappa shape index (κ1) is 15.5. The van der Waals surface area contributed by atoms with Gasteiger partial charge in [-0.1, -0.05) is 39.8 Å². The first-order valence-corrected chi connectivity index (χ1v) is 7.88. The van der Waals surface area contributed by atoms with Crippen molar-refractivity contribution in [2.24, 2.45) is 23.0 Å². The first-order valence-electron chi connectivity index (χ1n) is 7.88. The number of nitrogens with zero attached hydrogens (tertiary/aromatic N) is 2. The molecule has 0 saturated heterocycles. The Morgan fingerprint density at radius 3 is 2.25 bits per heavy atom. The average Bonchev–Trinajstić information content (AvgIpc) is 2.86. The molecule has 1 aromatic rings. The average molecular weight is 279 g/mol. The van der Waals surface area contributed by atoms with Crippen molar-refractivity contribution in [2.45, 2.75) is 72.3 Å². The van der Waals surface area contributed by atoms with Gasteiger partial charge in [0.25, 0.3) is 0 Å². The Kier molecular flexibility index (Phi) is 4.52. The minimum atomic E-state index is -0.151. The molecule has 0 aromatic carbocycles. The fourth-order valence-electron chi connectivity index (χ4n) is 3.05. The van der Waals surface area contributed by atoms with Crippen LogP contribution in [0.3, 0.4) is 0 Å². The van der Waals surface area contributed by atoms with E-state index in [2.05, 4.69) is 44.8 Å². The largest absolute Gasteiger partial charge is 0.338 e. The highest BCUT2D eigenvalue weighted by molar-refractivity contribution is 5.01. The van der Waals surface area contributed by atoms with Crippen molar-refractivity contribution in [2.75, 3.05) is 0 Å². The summed E-state index contributed by atoms with van der Waals surface area (Å²) in [6, 6.07) is -0.151. The maximum absolute atomic E-state index is 6.06. The van der Waals surface area contributed by atoms with E-state index in [-0.39, 0.29) is 6.04 Å². The molecule has 1 aliphatic carbocycles. The van der Waals surface area contributed by atoms with E-state index in [1.165, 1.54) is 12.8 Å². The number of hydrogen-bond donors (Lipinski definition) is 1. The molecule has 1 atom stereocenters. The fourth-order valence-corrected chi connectivity index (χ4v) is 3.05. The van der Waals surface area contributed by atoms with Crippen LogP contribution in [0, 0.1) is 17.3 Å². The Morgan fingerprint density at radius 2 is 1.75 bits per heavy atom. The van der Waals surface area contributed by atoms with Crippen molar-refractivity contribution in [1.82, 2.24) is 10.1 Å². The van der Waals surface area contributed by atoms with Crippen LogP contribution in [-0.4, -0.2) is 10.1 Å². The van der Waals surface area contributed by atoms with Gasteiger partial charge in [0.15, 0.2) is 5.82 Å². The van der Waals surface area contributed by atoms with E-state index in [0.717, 1.165) is 24.6 Å². The molecule has 0 spiro atoms. The second-order valence-electron chi connectivity index (χ2n) is 7.68. The minimum Gasteiger partial charge on any atom is -0.338 e. The zero-order chi connectivity index (χ0) is 14.9. The van der Waals surface area contributed by atoms with Gasteiger partial charge in [0, 0.05) is 5.92 Å². The highest BCUT2D eigenvalue weighted by Gasteiger charge is 2.32. The van der Waals surface area contributed by atoms with Gasteiger partial charge in [0.2, 0.25) is 5.89 Å². The highest BCUT2D eigenvalue weighted by atomic mass is 16.5. The molecule has 2 rings (SSSR count). The molecule has 4 nitrogen and oxygen atoms in total. The summed E-state index contributed by atoms with van der Waals surface area (Å²) in [5.41, 5.74) is 6.47. The van der Waals surface area contributed by atoms with Gasteiger partial charge >= 0.3 is 0 Å². The zero-order valence-electron chi connectivity index (χ0n) is 13.5. The molecule has 4 heteroatoms. The molecule has 0 aliphatic heterocycles. The Hall–Kier alpha value is -0.900. The smallest absolute Gasteiger partial charge is 0.243 e. The summed E-state index contributed by atoms with van der Waals surface area (Å²) in [5.74, 6) is 3.03. The predicted octanol–water partition coefficient (Wildman–Crippen LogP) is 4.05. The lowest BCUT2D eigenvalue weighted by Gasteiger charge is -2.36. The molecular weight excluding hydrogens is 250 g/mol. The topological polar surface area (TPSA) is 64.9 Å². The second-order valence-corrected chi connectivity index (χ2v) is 7.68. The van der Waals surface area contributed by atoms with Gasteiger partial charge < -0.3 is 10.3 Å². The van der Waals surface area contributed by atoms with E-state index in [1.807, 2.05) is 0 Å². The third kappa shape index (κ3) is 3.40. The number of aromatic nitrogens is 2. The lowest BCUT2D eigenvalue weighted by atomic mass is 9.70. The van der Waals surface area contributed by atoms with E-state index in [4.69, 9.17) is 10.3 Å². The van der Waals surface area contributed by atoms with Gasteiger partial charge in [-0.15, -0.1) is 0 Å². The Labute approximate surface area is 122 Å². The zero-order valence-corrected chi connectivity index (χ0v) is 13.5. The molecular formula is C16H29N3O. The summed E-state index contributed by atoms with van der Waals surface area (Å²) < 4.78 is 5.35. The van der Waals surface area contributed by atoms with Crippen molar-refractivity contribution in [3.63, 3.8) is 0 Å². The molecule has 0 bridgehead atoms. The van der Waals surface area contributed by atoms with Crippen LogP contribution in [0.4, 0.5) is 0 Å². The number of nitrogens with two attached hydrogens (primary N) is 1. The van der Waals surface area contributed by atoms with Crippen molar-refractivity contribution in [1.29, 1.82) is 0 Å². The normalized spacial score (nSPS) is 25.9. The quantitative estimate of drug-likeness (QED) is 0.906. The summed E-state index contributed by atoms with van der Waals surface area (Å²) >= 11 is 0. The Morgan fingerprint density at radius 1 is 1.15 bits per heavy atom. The van der Waals surface area contributed by atoms with Crippen LogP contribution in [0.25, 0.3) is 0 Å². The van der Waals surface area contributed by atoms with Gasteiger partial charge in [0.05, 0.1) is 6.04 Å². The summed E-state index contributed by atoms with van der Waals surface area (Å²) in [5, 5.41) is 4.16. The van der Waals surface area contributed by atoms with E-state index in [1.54, 1.807) is 0 Å². The van der Waals surface area contributed by atoms with Crippen LogP contribution < -0.4 is 5.73 Å². The molecule has 1 aromatic heterocycles. The molecule has 0 radical (unpaired) electrons. The van der Waals surface area contributed by atoms with Crippen LogP contribution in [0.15, 0.2) is 4.52 Å². The van der Waals surface area contributed by atoms with Crippen LogP contribution in [-0.2, 0) is 0 Å². The molecule has 20 heavy (non-hydrogen) atoms. The summed E-state index contributed by atoms with van der Waals surface area (Å²) in [6.07, 6.45) is 4.85. The van der Waals surface area contributed by atoms with Crippen LogP contribution >= 0.6 is 0 Å². The van der Waals surface area contributed by atoms with Crippen molar-refractivity contribution >= 4 is 0 Å². The van der Waals surface area contributed by atoms with Gasteiger partial charge in [-0.3, -0.25) is 0 Å². The molecule has 0 amide bonds. The molecule has 2 N–H and O–H groups in total. The lowest BCUT2D eigenvalue weighted by molar-refractivity contribution is 0.166. The van der Waals surface area contributed by atoms with Gasteiger partial charge in [-0.25, -0.2) is 0 Å². The van der Waals surface area contributed by atoms with Crippen molar-refractivity contribution < 1.29 is 4.52 Å². The maximum Gasteiger partial charge on any atom is 0.243 e. The Balaban J connectivity index is 1.98. The van der Waals surface area contributed by atoms with E-state index >= 15 is 0 Å². The predicted molar refractivity (Wildman–Crippen MR) is 80.2 cm³/mol.